The van der Waals surface area contributed by atoms with Crippen LogP contribution in [-0.2, 0) is 9.59 Å². The van der Waals surface area contributed by atoms with Crippen molar-refractivity contribution in [2.75, 3.05) is 19.6 Å². The van der Waals surface area contributed by atoms with Gasteiger partial charge in [-0.3, -0.25) is 14.5 Å². The van der Waals surface area contributed by atoms with Crippen LogP contribution in [0, 0.1) is 5.92 Å². The zero-order chi connectivity index (χ0) is 20.6. The topological polar surface area (TPSA) is 61.4 Å². The highest BCUT2D eigenvalue weighted by atomic mass is 32.1. The maximum atomic E-state index is 12.7. The molecule has 3 rings (SSSR count). The minimum absolute atomic E-state index is 0.0421. The third-order valence-electron chi connectivity index (χ3n) is 5.59. The largest absolute Gasteiger partial charge is 0.354 e. The summed E-state index contributed by atoms with van der Waals surface area (Å²) >= 11 is 1.75. The highest BCUT2D eigenvalue weighted by molar-refractivity contribution is 7.10. The molecule has 1 aromatic carbocycles. The third-order valence-corrected chi connectivity index (χ3v) is 6.57. The molecule has 156 valence electrons. The van der Waals surface area contributed by atoms with Gasteiger partial charge in [0.05, 0.1) is 18.5 Å². The highest BCUT2D eigenvalue weighted by Crippen LogP contribution is 2.29. The van der Waals surface area contributed by atoms with Crippen molar-refractivity contribution in [1.29, 1.82) is 0 Å². The van der Waals surface area contributed by atoms with Gasteiger partial charge in [-0.05, 0) is 48.9 Å². The van der Waals surface area contributed by atoms with Gasteiger partial charge in [-0.1, -0.05) is 43.3 Å². The molecule has 29 heavy (non-hydrogen) atoms. The van der Waals surface area contributed by atoms with Crippen LogP contribution in [0.15, 0.2) is 47.8 Å². The van der Waals surface area contributed by atoms with E-state index in [1.54, 1.807) is 11.3 Å². The van der Waals surface area contributed by atoms with Crippen LogP contribution in [0.2, 0.25) is 0 Å². The quantitative estimate of drug-likeness (QED) is 0.690. The predicted molar refractivity (Wildman–Crippen MR) is 118 cm³/mol. The Morgan fingerprint density at radius 3 is 2.48 bits per heavy atom. The van der Waals surface area contributed by atoms with Crippen LogP contribution in [0.4, 0.5) is 0 Å². The molecule has 2 amide bonds. The maximum Gasteiger partial charge on any atom is 0.222 e. The Kier molecular flexibility index (Phi) is 7.83. The molecule has 2 unspecified atom stereocenters. The fraction of sp³-hybridized carbons (Fsp3) is 0.478. The minimum Gasteiger partial charge on any atom is -0.354 e. The number of hydrogen-bond acceptors (Lipinski definition) is 4. The number of thiophene rings is 1. The summed E-state index contributed by atoms with van der Waals surface area (Å²) in [5, 5.41) is 8.13. The van der Waals surface area contributed by atoms with Gasteiger partial charge in [0.2, 0.25) is 11.8 Å². The van der Waals surface area contributed by atoms with E-state index in [4.69, 9.17) is 0 Å². The summed E-state index contributed by atoms with van der Waals surface area (Å²) in [5.41, 5.74) is 0.942. The second-order valence-corrected chi connectivity index (χ2v) is 8.90. The summed E-state index contributed by atoms with van der Waals surface area (Å²) in [6.45, 7) is 6.52. The molecule has 1 aliphatic rings. The first kappa shape index (κ1) is 21.5. The first-order chi connectivity index (χ1) is 14.0. The Bertz CT molecular complexity index is 771. The van der Waals surface area contributed by atoms with Crippen molar-refractivity contribution >= 4 is 23.2 Å². The highest BCUT2D eigenvalue weighted by Gasteiger charge is 2.26. The molecular weight excluding hydrogens is 382 g/mol. The zero-order valence-electron chi connectivity index (χ0n) is 17.3. The first-order valence-corrected chi connectivity index (χ1v) is 11.3. The smallest absolute Gasteiger partial charge is 0.222 e. The lowest BCUT2D eigenvalue weighted by Gasteiger charge is -2.36. The van der Waals surface area contributed by atoms with E-state index in [0.29, 0.717) is 6.54 Å². The fourth-order valence-corrected chi connectivity index (χ4v) is 4.74. The normalized spacial score (nSPS) is 17.4. The molecule has 2 atom stereocenters. The fourth-order valence-electron chi connectivity index (χ4n) is 3.88. The molecule has 0 spiro atoms. The molecule has 0 aliphatic carbocycles. The van der Waals surface area contributed by atoms with Gasteiger partial charge in [-0.25, -0.2) is 0 Å². The van der Waals surface area contributed by atoms with Crippen molar-refractivity contribution in [3.05, 3.63) is 58.3 Å². The third kappa shape index (κ3) is 6.41. The van der Waals surface area contributed by atoms with E-state index in [1.165, 1.54) is 24.6 Å². The van der Waals surface area contributed by atoms with Crippen molar-refractivity contribution in [3.63, 3.8) is 0 Å². The van der Waals surface area contributed by atoms with E-state index in [2.05, 4.69) is 40.0 Å². The summed E-state index contributed by atoms with van der Waals surface area (Å²) in [6, 6.07) is 13.8. The molecule has 1 aliphatic heterocycles. The number of hydrogen-bond donors (Lipinski definition) is 2. The molecular formula is C23H31N3O2S. The average Bonchev–Trinajstić information content (AvgIpc) is 3.24. The Hall–Kier alpha value is -2.18. The van der Waals surface area contributed by atoms with Gasteiger partial charge in [0, 0.05) is 18.3 Å². The number of rotatable bonds is 8. The van der Waals surface area contributed by atoms with Crippen LogP contribution in [0.5, 0.6) is 0 Å². The molecule has 0 saturated carbocycles. The van der Waals surface area contributed by atoms with Gasteiger partial charge < -0.3 is 10.6 Å². The Labute approximate surface area is 177 Å². The first-order valence-electron chi connectivity index (χ1n) is 10.4. The van der Waals surface area contributed by atoms with Gasteiger partial charge >= 0.3 is 0 Å². The van der Waals surface area contributed by atoms with E-state index in [1.807, 2.05) is 30.3 Å². The van der Waals surface area contributed by atoms with Crippen molar-refractivity contribution < 1.29 is 9.59 Å². The number of nitrogens with zero attached hydrogens (tertiary/aromatic N) is 1. The van der Waals surface area contributed by atoms with Gasteiger partial charge in [-0.15, -0.1) is 11.3 Å². The van der Waals surface area contributed by atoms with Gasteiger partial charge in [0.25, 0.3) is 0 Å². The van der Waals surface area contributed by atoms with E-state index < -0.39 is 0 Å². The summed E-state index contributed by atoms with van der Waals surface area (Å²) < 4.78 is 0. The van der Waals surface area contributed by atoms with Crippen LogP contribution >= 0.6 is 11.3 Å². The molecule has 1 aromatic heterocycles. The number of likely N-dealkylation sites (tertiary alicyclic amines) is 1. The van der Waals surface area contributed by atoms with Gasteiger partial charge in [0.15, 0.2) is 0 Å². The van der Waals surface area contributed by atoms with Crippen LogP contribution in [-0.4, -0.2) is 36.3 Å². The lowest BCUT2D eigenvalue weighted by atomic mass is 9.97. The van der Waals surface area contributed by atoms with Crippen LogP contribution in [0.3, 0.4) is 0 Å². The number of amides is 2. The molecule has 0 radical (unpaired) electrons. The summed E-state index contributed by atoms with van der Waals surface area (Å²) in [4.78, 5) is 28.1. The van der Waals surface area contributed by atoms with Crippen LogP contribution in [0.25, 0.3) is 0 Å². The second kappa shape index (κ2) is 10.6. The zero-order valence-corrected chi connectivity index (χ0v) is 18.1. The Balaban J connectivity index is 1.62. The number of piperidine rings is 1. The molecule has 1 saturated heterocycles. The van der Waals surface area contributed by atoms with Crippen LogP contribution in [0.1, 0.15) is 55.6 Å². The SMILES string of the molecule is CC(=O)NC(CC(=O)NCC(c1cccs1)N1CCC(C)CC1)c1ccccc1. The van der Waals surface area contributed by atoms with E-state index in [0.717, 1.165) is 24.6 Å². The van der Waals surface area contributed by atoms with Crippen molar-refractivity contribution in [1.82, 2.24) is 15.5 Å². The van der Waals surface area contributed by atoms with Crippen LogP contribution < -0.4 is 10.6 Å². The summed E-state index contributed by atoms with van der Waals surface area (Å²) in [7, 11) is 0. The maximum absolute atomic E-state index is 12.7. The molecule has 5 nitrogen and oxygen atoms in total. The van der Waals surface area contributed by atoms with Crippen molar-refractivity contribution in [2.24, 2.45) is 5.92 Å². The lowest BCUT2D eigenvalue weighted by Crippen LogP contribution is -2.42. The van der Waals surface area contributed by atoms with Crippen molar-refractivity contribution in [2.45, 2.75) is 45.2 Å². The number of carbonyl (C=O) groups excluding carboxylic acids is 2. The molecule has 6 heteroatoms. The number of benzene rings is 1. The molecule has 1 fully saturated rings. The monoisotopic (exact) mass is 413 g/mol. The summed E-state index contributed by atoms with van der Waals surface area (Å²) in [5.74, 6) is 0.596. The molecule has 2 aromatic rings. The van der Waals surface area contributed by atoms with E-state index in [-0.39, 0.29) is 30.3 Å². The molecule has 0 bridgehead atoms. The molecule has 2 heterocycles. The minimum atomic E-state index is -0.315. The van der Waals surface area contributed by atoms with E-state index >= 15 is 0 Å². The number of carbonyl (C=O) groups is 2. The molecule has 2 N–H and O–H groups in total. The average molecular weight is 414 g/mol. The van der Waals surface area contributed by atoms with Gasteiger partial charge in [-0.2, -0.15) is 0 Å². The standard InChI is InChI=1S/C23H31N3O2S/c1-17-10-12-26(13-11-17)21(22-9-6-14-29-22)16-24-23(28)15-20(25-18(2)27)19-7-4-3-5-8-19/h3-9,14,17,20-21H,10-13,15-16H2,1-2H3,(H,24,28)(H,25,27). The summed E-state index contributed by atoms with van der Waals surface area (Å²) in [6.07, 6.45) is 2.64. The lowest BCUT2D eigenvalue weighted by molar-refractivity contribution is -0.123. The Morgan fingerprint density at radius 2 is 1.86 bits per heavy atom. The van der Waals surface area contributed by atoms with Crippen molar-refractivity contribution in [3.8, 4) is 0 Å². The predicted octanol–water partition coefficient (Wildman–Crippen LogP) is 3.90. The number of nitrogens with one attached hydrogen (secondary N) is 2. The Morgan fingerprint density at radius 1 is 1.14 bits per heavy atom. The van der Waals surface area contributed by atoms with E-state index in [9.17, 15) is 9.59 Å². The second-order valence-electron chi connectivity index (χ2n) is 7.92. The van der Waals surface area contributed by atoms with Gasteiger partial charge in [0.1, 0.15) is 0 Å².